The smallest absolute Gasteiger partial charge is 0.0499 e. The highest BCUT2D eigenvalue weighted by atomic mass is 15.2. The number of nitrogens with one attached hydrogen (secondary N) is 1. The van der Waals surface area contributed by atoms with Crippen LogP contribution in [0.3, 0.4) is 0 Å². The van der Waals surface area contributed by atoms with E-state index < -0.39 is 0 Å². The molecule has 1 heterocycles. The minimum absolute atomic E-state index is 0.153. The van der Waals surface area contributed by atoms with Gasteiger partial charge in [0.25, 0.3) is 0 Å². The van der Waals surface area contributed by atoms with Gasteiger partial charge in [-0.1, -0.05) is 44.0 Å². The second kappa shape index (κ2) is 7.42. The minimum atomic E-state index is 0.153. The van der Waals surface area contributed by atoms with E-state index in [4.69, 9.17) is 0 Å². The molecule has 1 aromatic rings. The van der Waals surface area contributed by atoms with Gasteiger partial charge in [0.05, 0.1) is 0 Å². The maximum absolute atomic E-state index is 3.58. The van der Waals surface area contributed by atoms with E-state index in [9.17, 15) is 0 Å². The molecular formula is C19H32N2. The van der Waals surface area contributed by atoms with Gasteiger partial charge in [-0.25, -0.2) is 0 Å². The lowest BCUT2D eigenvalue weighted by Gasteiger charge is -2.46. The lowest BCUT2D eigenvalue weighted by Crippen LogP contribution is -2.53. The lowest BCUT2D eigenvalue weighted by molar-refractivity contribution is 0.0632. The Morgan fingerprint density at radius 2 is 1.90 bits per heavy atom. The van der Waals surface area contributed by atoms with Gasteiger partial charge in [-0.05, 0) is 64.4 Å². The molecule has 21 heavy (non-hydrogen) atoms. The summed E-state index contributed by atoms with van der Waals surface area (Å²) in [7, 11) is 2.10. The Morgan fingerprint density at radius 1 is 1.19 bits per heavy atom. The summed E-state index contributed by atoms with van der Waals surface area (Å²) < 4.78 is 0. The van der Waals surface area contributed by atoms with Crippen molar-refractivity contribution in [2.75, 3.05) is 20.1 Å². The molecule has 0 bridgehead atoms. The maximum atomic E-state index is 3.58. The maximum Gasteiger partial charge on any atom is 0.0499 e. The third kappa shape index (κ3) is 3.87. The first-order valence-corrected chi connectivity index (χ1v) is 8.60. The van der Waals surface area contributed by atoms with Crippen LogP contribution in [0, 0.1) is 0 Å². The van der Waals surface area contributed by atoms with Crippen molar-refractivity contribution in [3.8, 4) is 0 Å². The Labute approximate surface area is 130 Å². The van der Waals surface area contributed by atoms with E-state index in [1.54, 1.807) is 0 Å². The van der Waals surface area contributed by atoms with Gasteiger partial charge in [-0.2, -0.15) is 0 Å². The van der Waals surface area contributed by atoms with Crippen molar-refractivity contribution >= 4 is 0 Å². The molecule has 0 amide bonds. The van der Waals surface area contributed by atoms with Crippen LogP contribution < -0.4 is 5.32 Å². The van der Waals surface area contributed by atoms with Gasteiger partial charge in [-0.3, -0.25) is 4.90 Å². The summed E-state index contributed by atoms with van der Waals surface area (Å²) in [5, 5.41) is 3.58. The summed E-state index contributed by atoms with van der Waals surface area (Å²) in [5.41, 5.74) is 3.05. The van der Waals surface area contributed by atoms with Crippen molar-refractivity contribution < 1.29 is 0 Å². The summed E-state index contributed by atoms with van der Waals surface area (Å²) in [4.78, 5) is 2.67. The molecule has 1 fully saturated rings. The van der Waals surface area contributed by atoms with Gasteiger partial charge < -0.3 is 5.32 Å². The standard InChI is InChI=1S/C19H32N2/c1-5-10-16-11-9-12-17(15-16)18(20-4)19(2,3)21-13-7-6-8-14-21/h9,11-12,15,18,20H,5-8,10,13-14H2,1-4H3. The molecule has 0 aromatic heterocycles. The van der Waals surface area contributed by atoms with Crippen LogP contribution in [-0.2, 0) is 6.42 Å². The van der Waals surface area contributed by atoms with E-state index in [2.05, 4.69) is 62.3 Å². The van der Waals surface area contributed by atoms with Gasteiger partial charge in [0, 0.05) is 11.6 Å². The van der Waals surface area contributed by atoms with E-state index >= 15 is 0 Å². The van der Waals surface area contributed by atoms with Gasteiger partial charge in [-0.15, -0.1) is 0 Å². The van der Waals surface area contributed by atoms with Crippen LogP contribution in [0.1, 0.15) is 63.6 Å². The minimum Gasteiger partial charge on any atom is -0.311 e. The van der Waals surface area contributed by atoms with Crippen LogP contribution in [0.25, 0.3) is 0 Å². The van der Waals surface area contributed by atoms with E-state index in [0.29, 0.717) is 6.04 Å². The Hall–Kier alpha value is -0.860. The summed E-state index contributed by atoms with van der Waals surface area (Å²) >= 11 is 0. The zero-order valence-electron chi connectivity index (χ0n) is 14.3. The number of rotatable bonds is 6. The van der Waals surface area contributed by atoms with Gasteiger partial charge in [0.1, 0.15) is 0 Å². The molecule has 0 spiro atoms. The van der Waals surface area contributed by atoms with Crippen LogP contribution in [0.2, 0.25) is 0 Å². The predicted molar refractivity (Wildman–Crippen MR) is 91.7 cm³/mol. The molecule has 118 valence electrons. The number of nitrogens with zero attached hydrogens (tertiary/aromatic N) is 1. The topological polar surface area (TPSA) is 15.3 Å². The summed E-state index contributed by atoms with van der Waals surface area (Å²) in [6, 6.07) is 9.54. The number of piperidine rings is 1. The van der Waals surface area contributed by atoms with E-state index in [1.807, 2.05) is 0 Å². The first-order chi connectivity index (χ1) is 10.1. The molecule has 1 aromatic carbocycles. The molecule has 2 nitrogen and oxygen atoms in total. The monoisotopic (exact) mass is 288 g/mol. The molecule has 1 unspecified atom stereocenters. The fraction of sp³-hybridized carbons (Fsp3) is 0.684. The highest BCUT2D eigenvalue weighted by Gasteiger charge is 2.36. The Balaban J connectivity index is 2.22. The lowest BCUT2D eigenvalue weighted by atomic mass is 9.85. The third-order valence-electron chi connectivity index (χ3n) is 4.99. The molecule has 1 N–H and O–H groups in total. The fourth-order valence-electron chi connectivity index (χ4n) is 3.80. The fourth-order valence-corrected chi connectivity index (χ4v) is 3.80. The van der Waals surface area contributed by atoms with Gasteiger partial charge >= 0.3 is 0 Å². The molecule has 1 saturated heterocycles. The number of likely N-dealkylation sites (tertiary alicyclic amines) is 1. The summed E-state index contributed by atoms with van der Waals surface area (Å²) in [6.07, 6.45) is 6.46. The van der Waals surface area contributed by atoms with Crippen molar-refractivity contribution in [3.63, 3.8) is 0 Å². The molecule has 1 aliphatic heterocycles. The van der Waals surface area contributed by atoms with Crippen LogP contribution in [-0.4, -0.2) is 30.6 Å². The number of hydrogen-bond donors (Lipinski definition) is 1. The molecule has 0 saturated carbocycles. The molecule has 2 heteroatoms. The second-order valence-electron chi connectivity index (χ2n) is 6.92. The highest BCUT2D eigenvalue weighted by molar-refractivity contribution is 5.28. The Kier molecular flexibility index (Phi) is 5.83. The second-order valence-corrected chi connectivity index (χ2v) is 6.92. The Morgan fingerprint density at radius 3 is 2.52 bits per heavy atom. The number of aryl methyl sites for hydroxylation is 1. The zero-order valence-corrected chi connectivity index (χ0v) is 14.3. The van der Waals surface area contributed by atoms with Gasteiger partial charge in [0.15, 0.2) is 0 Å². The third-order valence-corrected chi connectivity index (χ3v) is 4.99. The van der Waals surface area contributed by atoms with Crippen molar-refractivity contribution in [3.05, 3.63) is 35.4 Å². The quantitative estimate of drug-likeness (QED) is 0.845. The zero-order chi connectivity index (χ0) is 15.3. The highest BCUT2D eigenvalue weighted by Crippen LogP contribution is 2.33. The number of hydrogen-bond acceptors (Lipinski definition) is 2. The van der Waals surface area contributed by atoms with E-state index in [-0.39, 0.29) is 5.54 Å². The molecule has 0 aliphatic carbocycles. The van der Waals surface area contributed by atoms with Crippen molar-refractivity contribution in [1.29, 1.82) is 0 Å². The molecule has 2 rings (SSSR count). The van der Waals surface area contributed by atoms with Crippen LogP contribution in [0.4, 0.5) is 0 Å². The van der Waals surface area contributed by atoms with Crippen LogP contribution >= 0.6 is 0 Å². The van der Waals surface area contributed by atoms with Gasteiger partial charge in [0.2, 0.25) is 0 Å². The summed E-state index contributed by atoms with van der Waals surface area (Å²) in [5.74, 6) is 0. The SMILES string of the molecule is CCCc1cccc(C(NC)C(C)(C)N2CCCCC2)c1. The average Bonchev–Trinajstić information content (AvgIpc) is 2.49. The largest absolute Gasteiger partial charge is 0.311 e. The first kappa shape index (κ1) is 16.5. The molecule has 0 radical (unpaired) electrons. The van der Waals surface area contributed by atoms with Crippen molar-refractivity contribution in [2.24, 2.45) is 0 Å². The first-order valence-electron chi connectivity index (χ1n) is 8.60. The van der Waals surface area contributed by atoms with E-state index in [0.717, 1.165) is 0 Å². The molecule has 1 atom stereocenters. The number of likely N-dealkylation sites (N-methyl/N-ethyl adjacent to an activating group) is 1. The Bertz CT molecular complexity index is 433. The predicted octanol–water partition coefficient (Wildman–Crippen LogP) is 4.16. The molecule has 1 aliphatic rings. The van der Waals surface area contributed by atoms with E-state index in [1.165, 1.54) is 56.3 Å². The van der Waals surface area contributed by atoms with Crippen molar-refractivity contribution in [2.45, 2.75) is 64.5 Å². The van der Waals surface area contributed by atoms with Crippen LogP contribution in [0.15, 0.2) is 24.3 Å². The average molecular weight is 288 g/mol. The number of benzene rings is 1. The van der Waals surface area contributed by atoms with Crippen molar-refractivity contribution in [1.82, 2.24) is 10.2 Å². The normalized spacial score (nSPS) is 18.7. The summed E-state index contributed by atoms with van der Waals surface area (Å²) in [6.45, 7) is 9.51. The molecular weight excluding hydrogens is 256 g/mol. The van der Waals surface area contributed by atoms with Crippen LogP contribution in [0.5, 0.6) is 0 Å².